The van der Waals surface area contributed by atoms with Crippen LogP contribution >= 0.6 is 11.6 Å². The third-order valence-electron chi connectivity index (χ3n) is 2.18. The van der Waals surface area contributed by atoms with Crippen LogP contribution in [0.2, 0.25) is 5.28 Å². The summed E-state index contributed by atoms with van der Waals surface area (Å²) >= 11 is 5.75. The standard InChI is InChI=1S/C10H17ClN4O/c1-7-8(12)9(15-10(11)14-7)13-5-3-4-6-16-2/h3-6,12H2,1-2H3,(H,13,14,15). The van der Waals surface area contributed by atoms with Gasteiger partial charge in [-0.15, -0.1) is 0 Å². The molecule has 0 atom stereocenters. The SMILES string of the molecule is COCCCCNc1nc(Cl)nc(C)c1N. The zero-order valence-corrected chi connectivity index (χ0v) is 10.3. The fourth-order valence-corrected chi connectivity index (χ4v) is 1.47. The molecule has 6 heteroatoms. The predicted octanol–water partition coefficient (Wildman–Crippen LogP) is 1.86. The van der Waals surface area contributed by atoms with E-state index in [0.717, 1.165) is 26.0 Å². The number of hydrogen-bond acceptors (Lipinski definition) is 5. The second kappa shape index (κ2) is 6.50. The molecule has 90 valence electrons. The third kappa shape index (κ3) is 3.83. The second-order valence-electron chi connectivity index (χ2n) is 3.47. The van der Waals surface area contributed by atoms with Crippen molar-refractivity contribution in [1.82, 2.24) is 9.97 Å². The number of halogens is 1. The first-order chi connectivity index (χ1) is 7.65. The molecule has 3 N–H and O–H groups in total. The molecule has 0 bridgehead atoms. The summed E-state index contributed by atoms with van der Waals surface area (Å²) in [5.74, 6) is 0.606. The van der Waals surface area contributed by atoms with Crippen molar-refractivity contribution < 1.29 is 4.74 Å². The molecule has 0 aromatic carbocycles. The van der Waals surface area contributed by atoms with Crippen LogP contribution in [-0.2, 0) is 4.74 Å². The first-order valence-electron chi connectivity index (χ1n) is 5.17. The summed E-state index contributed by atoms with van der Waals surface area (Å²) < 4.78 is 4.96. The number of aryl methyl sites for hydroxylation is 1. The highest BCUT2D eigenvalue weighted by atomic mass is 35.5. The molecule has 1 aromatic rings. The van der Waals surface area contributed by atoms with Crippen molar-refractivity contribution in [2.75, 3.05) is 31.3 Å². The first-order valence-corrected chi connectivity index (χ1v) is 5.55. The molecule has 0 radical (unpaired) electrons. The molecular weight excluding hydrogens is 228 g/mol. The zero-order chi connectivity index (χ0) is 12.0. The van der Waals surface area contributed by atoms with Crippen molar-refractivity contribution in [3.63, 3.8) is 0 Å². The number of unbranched alkanes of at least 4 members (excludes halogenated alkanes) is 1. The summed E-state index contributed by atoms with van der Waals surface area (Å²) in [6.07, 6.45) is 2.00. The topological polar surface area (TPSA) is 73.1 Å². The zero-order valence-electron chi connectivity index (χ0n) is 9.59. The molecule has 0 spiro atoms. The van der Waals surface area contributed by atoms with Crippen LogP contribution in [0.4, 0.5) is 11.5 Å². The number of ether oxygens (including phenoxy) is 1. The van der Waals surface area contributed by atoms with E-state index in [1.165, 1.54) is 0 Å². The van der Waals surface area contributed by atoms with E-state index >= 15 is 0 Å². The Labute approximate surface area is 100 Å². The maximum atomic E-state index is 5.82. The van der Waals surface area contributed by atoms with Crippen molar-refractivity contribution in [1.29, 1.82) is 0 Å². The molecule has 1 aromatic heterocycles. The van der Waals surface area contributed by atoms with Gasteiger partial charge in [-0.3, -0.25) is 0 Å². The van der Waals surface area contributed by atoms with Gasteiger partial charge in [-0.1, -0.05) is 0 Å². The Morgan fingerprint density at radius 2 is 2.12 bits per heavy atom. The highest BCUT2D eigenvalue weighted by Crippen LogP contribution is 2.20. The molecule has 0 aliphatic rings. The Morgan fingerprint density at radius 1 is 1.38 bits per heavy atom. The van der Waals surface area contributed by atoms with E-state index in [0.29, 0.717) is 17.2 Å². The minimum absolute atomic E-state index is 0.214. The molecule has 0 aliphatic heterocycles. The number of aromatic nitrogens is 2. The van der Waals surface area contributed by atoms with Crippen molar-refractivity contribution in [3.8, 4) is 0 Å². The van der Waals surface area contributed by atoms with Gasteiger partial charge in [0.05, 0.1) is 11.4 Å². The summed E-state index contributed by atoms with van der Waals surface area (Å²) in [7, 11) is 1.69. The van der Waals surface area contributed by atoms with Crippen LogP contribution in [-0.4, -0.2) is 30.2 Å². The van der Waals surface area contributed by atoms with Crippen LogP contribution in [0.1, 0.15) is 18.5 Å². The molecule has 0 amide bonds. The molecule has 1 rings (SSSR count). The van der Waals surface area contributed by atoms with Gasteiger partial charge in [0, 0.05) is 20.3 Å². The van der Waals surface area contributed by atoms with Crippen molar-refractivity contribution in [3.05, 3.63) is 11.0 Å². The van der Waals surface area contributed by atoms with Gasteiger partial charge in [-0.2, -0.15) is 4.98 Å². The van der Waals surface area contributed by atoms with Crippen molar-refractivity contribution in [2.24, 2.45) is 0 Å². The molecule has 0 saturated carbocycles. The minimum atomic E-state index is 0.214. The van der Waals surface area contributed by atoms with E-state index in [2.05, 4.69) is 15.3 Å². The van der Waals surface area contributed by atoms with Crippen LogP contribution in [0.5, 0.6) is 0 Å². The molecular formula is C10H17ClN4O. The summed E-state index contributed by atoms with van der Waals surface area (Å²) in [6, 6.07) is 0. The lowest BCUT2D eigenvalue weighted by Crippen LogP contribution is -2.09. The number of nitrogens with zero attached hydrogens (tertiary/aromatic N) is 2. The van der Waals surface area contributed by atoms with E-state index in [9.17, 15) is 0 Å². The molecule has 16 heavy (non-hydrogen) atoms. The molecule has 0 unspecified atom stereocenters. The predicted molar refractivity (Wildman–Crippen MR) is 65.8 cm³/mol. The van der Waals surface area contributed by atoms with E-state index < -0.39 is 0 Å². The first kappa shape index (κ1) is 13.0. The lowest BCUT2D eigenvalue weighted by atomic mass is 10.3. The highest BCUT2D eigenvalue weighted by molar-refractivity contribution is 6.28. The number of rotatable bonds is 6. The molecule has 1 heterocycles. The molecule has 0 fully saturated rings. The lowest BCUT2D eigenvalue weighted by molar-refractivity contribution is 0.194. The lowest BCUT2D eigenvalue weighted by Gasteiger charge is -2.09. The molecule has 5 nitrogen and oxygen atoms in total. The number of methoxy groups -OCH3 is 1. The van der Waals surface area contributed by atoms with Gasteiger partial charge in [0.15, 0.2) is 5.82 Å². The maximum Gasteiger partial charge on any atom is 0.224 e. The van der Waals surface area contributed by atoms with Crippen molar-refractivity contribution in [2.45, 2.75) is 19.8 Å². The van der Waals surface area contributed by atoms with Gasteiger partial charge in [-0.25, -0.2) is 4.98 Å². The maximum absolute atomic E-state index is 5.82. The molecule has 0 aliphatic carbocycles. The number of nitrogens with two attached hydrogens (primary N) is 1. The van der Waals surface area contributed by atoms with Gasteiger partial charge in [-0.05, 0) is 31.4 Å². The molecule has 0 saturated heterocycles. The fraction of sp³-hybridized carbons (Fsp3) is 0.600. The number of anilines is 2. The summed E-state index contributed by atoms with van der Waals surface area (Å²) in [5, 5.41) is 3.35. The van der Waals surface area contributed by atoms with E-state index in [4.69, 9.17) is 22.1 Å². The average Bonchev–Trinajstić information content (AvgIpc) is 2.24. The Balaban J connectivity index is 2.47. The van der Waals surface area contributed by atoms with Crippen LogP contribution in [0.25, 0.3) is 0 Å². The summed E-state index contributed by atoms with van der Waals surface area (Å²) in [4.78, 5) is 8.00. The fourth-order valence-electron chi connectivity index (χ4n) is 1.26. The third-order valence-corrected chi connectivity index (χ3v) is 2.35. The van der Waals surface area contributed by atoms with Gasteiger partial charge < -0.3 is 15.8 Å². The van der Waals surface area contributed by atoms with Crippen molar-refractivity contribution >= 4 is 23.1 Å². The number of nitrogens with one attached hydrogen (secondary N) is 1. The van der Waals surface area contributed by atoms with Gasteiger partial charge in [0.25, 0.3) is 0 Å². The summed E-state index contributed by atoms with van der Waals surface area (Å²) in [6.45, 7) is 3.36. The van der Waals surface area contributed by atoms with Gasteiger partial charge >= 0.3 is 0 Å². The van der Waals surface area contributed by atoms with Crippen LogP contribution in [0.3, 0.4) is 0 Å². The summed E-state index contributed by atoms with van der Waals surface area (Å²) in [5.41, 5.74) is 7.07. The number of nitrogen functional groups attached to an aromatic ring is 1. The Morgan fingerprint density at radius 3 is 2.81 bits per heavy atom. The Hall–Kier alpha value is -1.07. The van der Waals surface area contributed by atoms with E-state index in [-0.39, 0.29) is 5.28 Å². The second-order valence-corrected chi connectivity index (χ2v) is 3.81. The largest absolute Gasteiger partial charge is 0.394 e. The average molecular weight is 245 g/mol. The van der Waals surface area contributed by atoms with Crippen LogP contribution in [0.15, 0.2) is 0 Å². The van der Waals surface area contributed by atoms with Gasteiger partial charge in [0.1, 0.15) is 0 Å². The normalized spacial score (nSPS) is 10.4. The quantitative estimate of drug-likeness (QED) is 0.590. The van der Waals surface area contributed by atoms with Gasteiger partial charge in [0.2, 0.25) is 5.28 Å². The highest BCUT2D eigenvalue weighted by Gasteiger charge is 2.06. The number of hydrogen-bond donors (Lipinski definition) is 2. The Kier molecular flexibility index (Phi) is 5.28. The monoisotopic (exact) mass is 244 g/mol. The van der Waals surface area contributed by atoms with Crippen LogP contribution < -0.4 is 11.1 Å². The minimum Gasteiger partial charge on any atom is -0.394 e. The smallest absolute Gasteiger partial charge is 0.224 e. The van der Waals surface area contributed by atoms with E-state index in [1.54, 1.807) is 14.0 Å². The Bertz CT molecular complexity index is 346. The van der Waals surface area contributed by atoms with Crippen LogP contribution in [0, 0.1) is 6.92 Å². The van der Waals surface area contributed by atoms with E-state index in [1.807, 2.05) is 0 Å².